The molecule has 0 aliphatic heterocycles. The molecule has 0 aromatic carbocycles. The van der Waals surface area contributed by atoms with Crippen LogP contribution in [-0.4, -0.2) is 19.7 Å². The van der Waals surface area contributed by atoms with Crippen molar-refractivity contribution in [2.24, 2.45) is 10.2 Å². The standard InChI is InChI=1S/C4H8N2O2/c1-4(7)6-5-3-8-2/h3H2,1-2H3. The molecule has 4 nitrogen and oxygen atoms in total. The van der Waals surface area contributed by atoms with Gasteiger partial charge in [0.2, 0.25) is 0 Å². The molecule has 0 saturated heterocycles. The second-order valence-corrected chi connectivity index (χ2v) is 1.18. The van der Waals surface area contributed by atoms with Crippen molar-refractivity contribution in [2.45, 2.75) is 6.92 Å². The summed E-state index contributed by atoms with van der Waals surface area (Å²) in [4.78, 5) is 10.0. The minimum Gasteiger partial charge on any atom is -0.361 e. The summed E-state index contributed by atoms with van der Waals surface area (Å²) in [5.74, 6) is -0.304. The van der Waals surface area contributed by atoms with Crippen molar-refractivity contribution in [2.75, 3.05) is 13.8 Å². The zero-order chi connectivity index (χ0) is 6.41. The second kappa shape index (κ2) is 4.39. The maximum atomic E-state index is 10.0. The number of hydrogen-bond donors (Lipinski definition) is 0. The van der Waals surface area contributed by atoms with Gasteiger partial charge in [-0.3, -0.25) is 4.79 Å². The predicted molar refractivity (Wildman–Crippen MR) is 27.4 cm³/mol. The first-order valence-electron chi connectivity index (χ1n) is 2.14. The van der Waals surface area contributed by atoms with Crippen LogP contribution in [0.25, 0.3) is 0 Å². The van der Waals surface area contributed by atoms with Gasteiger partial charge in [0, 0.05) is 14.0 Å². The Morgan fingerprint density at radius 2 is 2.38 bits per heavy atom. The number of amides is 1. The summed E-state index contributed by atoms with van der Waals surface area (Å²) < 4.78 is 4.48. The van der Waals surface area contributed by atoms with Gasteiger partial charge >= 0.3 is 0 Å². The molecular weight excluding hydrogens is 108 g/mol. The third kappa shape index (κ3) is 5.23. The SMILES string of the molecule is COCN=NC(C)=O. The number of ether oxygens (including phenoxy) is 1. The van der Waals surface area contributed by atoms with Crippen LogP contribution >= 0.6 is 0 Å². The molecule has 46 valence electrons. The van der Waals surface area contributed by atoms with Crippen LogP contribution in [0.4, 0.5) is 0 Å². The molecule has 8 heavy (non-hydrogen) atoms. The van der Waals surface area contributed by atoms with Gasteiger partial charge in [-0.05, 0) is 0 Å². The monoisotopic (exact) mass is 116 g/mol. The molecule has 0 fully saturated rings. The Bertz CT molecular complexity index is 100. The molecule has 0 aromatic rings. The predicted octanol–water partition coefficient (Wildman–Crippen LogP) is 0.589. The van der Waals surface area contributed by atoms with E-state index in [1.54, 1.807) is 0 Å². The normalized spacial score (nSPS) is 10.2. The van der Waals surface area contributed by atoms with E-state index in [-0.39, 0.29) is 12.6 Å². The molecule has 0 radical (unpaired) electrons. The van der Waals surface area contributed by atoms with Crippen molar-refractivity contribution in [1.29, 1.82) is 0 Å². The van der Waals surface area contributed by atoms with E-state index in [0.717, 1.165) is 0 Å². The largest absolute Gasteiger partial charge is 0.361 e. The van der Waals surface area contributed by atoms with Gasteiger partial charge in [-0.1, -0.05) is 0 Å². The first-order valence-corrected chi connectivity index (χ1v) is 2.14. The molecule has 0 aromatic heterocycles. The summed E-state index contributed by atoms with van der Waals surface area (Å²) >= 11 is 0. The summed E-state index contributed by atoms with van der Waals surface area (Å²) in [7, 11) is 1.49. The maximum Gasteiger partial charge on any atom is 0.261 e. The highest BCUT2D eigenvalue weighted by atomic mass is 16.5. The van der Waals surface area contributed by atoms with Crippen molar-refractivity contribution >= 4 is 5.91 Å². The van der Waals surface area contributed by atoms with Crippen molar-refractivity contribution in [1.82, 2.24) is 0 Å². The maximum absolute atomic E-state index is 10.0. The molecule has 0 aliphatic rings. The van der Waals surface area contributed by atoms with Crippen molar-refractivity contribution in [3.05, 3.63) is 0 Å². The van der Waals surface area contributed by atoms with Gasteiger partial charge in [-0.2, -0.15) is 5.11 Å². The fourth-order valence-electron chi connectivity index (χ4n) is 0.186. The van der Waals surface area contributed by atoms with Gasteiger partial charge in [-0.15, -0.1) is 5.11 Å². The number of methoxy groups -OCH3 is 1. The van der Waals surface area contributed by atoms with Crippen LogP contribution in [0.1, 0.15) is 6.92 Å². The zero-order valence-electron chi connectivity index (χ0n) is 4.92. The average molecular weight is 116 g/mol. The Morgan fingerprint density at radius 3 is 2.75 bits per heavy atom. The minimum absolute atomic E-state index is 0.152. The molecule has 0 saturated carbocycles. The molecule has 0 rings (SSSR count). The average Bonchev–Trinajstić information content (AvgIpc) is 1.66. The summed E-state index contributed by atoms with van der Waals surface area (Å²) in [6.07, 6.45) is 0. The molecule has 0 unspecified atom stereocenters. The number of nitrogens with zero attached hydrogens (tertiary/aromatic N) is 2. The van der Waals surface area contributed by atoms with Crippen molar-refractivity contribution in [3.8, 4) is 0 Å². The van der Waals surface area contributed by atoms with E-state index in [2.05, 4.69) is 15.0 Å². The van der Waals surface area contributed by atoms with E-state index in [4.69, 9.17) is 0 Å². The fraction of sp³-hybridized carbons (Fsp3) is 0.750. The summed E-state index contributed by atoms with van der Waals surface area (Å²) in [5, 5.41) is 6.52. The van der Waals surface area contributed by atoms with Crippen LogP contribution in [0, 0.1) is 0 Å². The van der Waals surface area contributed by atoms with E-state index < -0.39 is 0 Å². The lowest BCUT2D eigenvalue weighted by Gasteiger charge is -1.82. The van der Waals surface area contributed by atoms with Crippen LogP contribution in [-0.2, 0) is 9.53 Å². The minimum atomic E-state index is -0.304. The molecule has 0 spiro atoms. The van der Waals surface area contributed by atoms with Crippen molar-refractivity contribution < 1.29 is 9.53 Å². The number of carbonyl (C=O) groups excluding carboxylic acids is 1. The van der Waals surface area contributed by atoms with Crippen LogP contribution in [0.5, 0.6) is 0 Å². The molecule has 1 amide bonds. The van der Waals surface area contributed by atoms with Crippen LogP contribution < -0.4 is 0 Å². The molecule has 0 aliphatic carbocycles. The summed E-state index contributed by atoms with van der Waals surface area (Å²) in [6.45, 7) is 1.48. The zero-order valence-corrected chi connectivity index (χ0v) is 4.92. The highest BCUT2D eigenvalue weighted by molar-refractivity contribution is 5.73. The topological polar surface area (TPSA) is 51.0 Å². The van der Waals surface area contributed by atoms with E-state index >= 15 is 0 Å². The third-order valence-electron chi connectivity index (χ3n) is 0.398. The summed E-state index contributed by atoms with van der Waals surface area (Å²) in [5.41, 5.74) is 0. The van der Waals surface area contributed by atoms with Crippen LogP contribution in [0.15, 0.2) is 10.2 Å². The molecule has 4 heteroatoms. The van der Waals surface area contributed by atoms with E-state index in [0.29, 0.717) is 0 Å². The van der Waals surface area contributed by atoms with Gasteiger partial charge in [0.05, 0.1) is 0 Å². The number of hydrogen-bond acceptors (Lipinski definition) is 3. The molecule has 0 heterocycles. The Morgan fingerprint density at radius 1 is 1.75 bits per heavy atom. The van der Waals surface area contributed by atoms with E-state index in [1.165, 1.54) is 14.0 Å². The summed E-state index contributed by atoms with van der Waals surface area (Å²) in [6, 6.07) is 0. The quantitative estimate of drug-likeness (QED) is 0.496. The van der Waals surface area contributed by atoms with Crippen LogP contribution in [0.2, 0.25) is 0 Å². The Hall–Kier alpha value is -0.770. The molecule has 0 N–H and O–H groups in total. The highest BCUT2D eigenvalue weighted by Gasteiger charge is 1.80. The van der Waals surface area contributed by atoms with Gasteiger partial charge in [0.25, 0.3) is 5.91 Å². The van der Waals surface area contributed by atoms with Crippen molar-refractivity contribution in [3.63, 3.8) is 0 Å². The lowest BCUT2D eigenvalue weighted by molar-refractivity contribution is -0.116. The lowest BCUT2D eigenvalue weighted by atomic mass is 10.8. The number of azo groups is 1. The molecule has 0 bridgehead atoms. The smallest absolute Gasteiger partial charge is 0.261 e. The Labute approximate surface area is 47.6 Å². The third-order valence-corrected chi connectivity index (χ3v) is 0.398. The highest BCUT2D eigenvalue weighted by Crippen LogP contribution is 1.75. The van der Waals surface area contributed by atoms with Gasteiger partial charge in [0.15, 0.2) is 6.73 Å². The Kier molecular flexibility index (Phi) is 3.97. The molecule has 0 atom stereocenters. The van der Waals surface area contributed by atoms with E-state index in [9.17, 15) is 4.79 Å². The lowest BCUT2D eigenvalue weighted by Crippen LogP contribution is -1.84. The molecular formula is C4H8N2O2. The number of carbonyl (C=O) groups is 1. The number of rotatable bonds is 2. The van der Waals surface area contributed by atoms with Gasteiger partial charge in [-0.25, -0.2) is 0 Å². The Balaban J connectivity index is 3.20. The first kappa shape index (κ1) is 7.23. The fourth-order valence-corrected chi connectivity index (χ4v) is 0.186. The first-order chi connectivity index (χ1) is 3.77. The van der Waals surface area contributed by atoms with Gasteiger partial charge in [0.1, 0.15) is 0 Å². The van der Waals surface area contributed by atoms with Gasteiger partial charge < -0.3 is 4.74 Å². The van der Waals surface area contributed by atoms with Crippen LogP contribution in [0.3, 0.4) is 0 Å². The second-order valence-electron chi connectivity index (χ2n) is 1.18. The van der Waals surface area contributed by atoms with E-state index in [1.807, 2.05) is 0 Å².